The molecule has 0 fully saturated rings. The molecule has 4 atom stereocenters. The molecule has 0 aliphatic heterocycles. The second kappa shape index (κ2) is 10.6. The van der Waals surface area contributed by atoms with Crippen LogP contribution in [0.15, 0.2) is 0 Å². The summed E-state index contributed by atoms with van der Waals surface area (Å²) < 4.78 is 37.5. The summed E-state index contributed by atoms with van der Waals surface area (Å²) in [6.07, 6.45) is -5.13. The van der Waals surface area contributed by atoms with Crippen LogP contribution in [0.2, 0.25) is 0 Å². The summed E-state index contributed by atoms with van der Waals surface area (Å²) >= 11 is 0. The average Bonchev–Trinajstić information content (AvgIpc) is 2.62. The van der Waals surface area contributed by atoms with Gasteiger partial charge in [-0.1, -0.05) is 27.7 Å². The van der Waals surface area contributed by atoms with Crippen molar-refractivity contribution in [1.29, 1.82) is 0 Å². The fourth-order valence-corrected chi connectivity index (χ4v) is 3.57. The van der Waals surface area contributed by atoms with E-state index in [1.54, 1.807) is 27.7 Å². The highest BCUT2D eigenvalue weighted by Crippen LogP contribution is 2.40. The van der Waals surface area contributed by atoms with Gasteiger partial charge in [-0.15, -0.1) is 0 Å². The van der Waals surface area contributed by atoms with Crippen molar-refractivity contribution in [2.75, 3.05) is 7.05 Å². The van der Waals surface area contributed by atoms with Gasteiger partial charge in [-0.3, -0.25) is 24.0 Å². The van der Waals surface area contributed by atoms with Gasteiger partial charge >= 0.3 is 6.18 Å². The SMILES string of the molecule is CNC(=O)[C@@](C(N)=O)(C(C)C)[C@@H](C(=O)N[C@@H](C)C(=O)N[C@@H](C)C(=O)C(F)(F)F)C(C)C. The molecule has 0 aliphatic rings. The zero-order valence-corrected chi connectivity index (χ0v) is 18.6. The minimum atomic E-state index is -5.13. The summed E-state index contributed by atoms with van der Waals surface area (Å²) in [5.74, 6) is -8.41. The van der Waals surface area contributed by atoms with Gasteiger partial charge in [0.25, 0.3) is 5.78 Å². The molecule has 0 bridgehead atoms. The number of hydrogen-bond donors (Lipinski definition) is 4. The monoisotopic (exact) mass is 452 g/mol. The van der Waals surface area contributed by atoms with Crippen LogP contribution in [-0.2, 0) is 24.0 Å². The molecule has 0 saturated carbocycles. The molecular weight excluding hydrogens is 421 g/mol. The molecule has 9 nitrogen and oxygen atoms in total. The number of primary amides is 1. The van der Waals surface area contributed by atoms with Crippen molar-refractivity contribution in [2.24, 2.45) is 28.9 Å². The first-order valence-electron chi connectivity index (χ1n) is 9.69. The number of alkyl halides is 3. The Balaban J connectivity index is 5.81. The number of Topliss-reactive ketones (excluding diaryl/α,β-unsaturated/α-hetero) is 1. The zero-order valence-electron chi connectivity index (χ0n) is 18.6. The largest absolute Gasteiger partial charge is 0.452 e. The highest BCUT2D eigenvalue weighted by Gasteiger charge is 2.57. The Morgan fingerprint density at radius 1 is 0.806 bits per heavy atom. The van der Waals surface area contributed by atoms with E-state index in [0.29, 0.717) is 0 Å². The van der Waals surface area contributed by atoms with Gasteiger partial charge in [0.2, 0.25) is 23.6 Å². The Labute approximate surface area is 179 Å². The standard InChI is InChI=1S/C19H31F3N4O5/c1-8(2)12(18(9(3)4,16(23)30)17(31)24-7)15(29)26-11(6)14(28)25-10(5)13(27)19(20,21)22/h8-12H,1-7H3,(H2,23,30)(H,24,31)(H,25,28)(H,26,29)/t10-,11-,12+,18-/m0/s1. The second-order valence-electron chi connectivity index (χ2n) is 8.01. The number of halogens is 3. The maximum absolute atomic E-state index is 13.0. The Morgan fingerprint density at radius 3 is 1.58 bits per heavy atom. The summed E-state index contributed by atoms with van der Waals surface area (Å²) in [6.45, 7) is 8.31. The lowest BCUT2D eigenvalue weighted by molar-refractivity contribution is -0.173. The van der Waals surface area contributed by atoms with Crippen molar-refractivity contribution in [3.05, 3.63) is 0 Å². The molecule has 12 heteroatoms. The van der Waals surface area contributed by atoms with E-state index in [0.717, 1.165) is 6.92 Å². The number of carbonyl (C=O) groups is 5. The first kappa shape index (κ1) is 28.3. The zero-order chi connectivity index (χ0) is 24.9. The predicted molar refractivity (Wildman–Crippen MR) is 105 cm³/mol. The lowest BCUT2D eigenvalue weighted by atomic mass is 9.62. The molecule has 0 radical (unpaired) electrons. The minimum Gasteiger partial charge on any atom is -0.369 e. The topological polar surface area (TPSA) is 147 Å². The van der Waals surface area contributed by atoms with E-state index >= 15 is 0 Å². The molecule has 0 aromatic carbocycles. The lowest BCUT2D eigenvalue weighted by Gasteiger charge is -2.41. The molecule has 0 aromatic heterocycles. The molecule has 178 valence electrons. The van der Waals surface area contributed by atoms with Gasteiger partial charge in [-0.25, -0.2) is 0 Å². The van der Waals surface area contributed by atoms with Gasteiger partial charge < -0.3 is 21.7 Å². The maximum Gasteiger partial charge on any atom is 0.452 e. The molecule has 0 aromatic rings. The summed E-state index contributed by atoms with van der Waals surface area (Å²) in [7, 11) is 1.28. The fourth-order valence-electron chi connectivity index (χ4n) is 3.57. The quantitative estimate of drug-likeness (QED) is 0.351. The van der Waals surface area contributed by atoms with Gasteiger partial charge in [0.1, 0.15) is 11.5 Å². The predicted octanol–water partition coefficient (Wildman–Crippen LogP) is 0.273. The van der Waals surface area contributed by atoms with Gasteiger partial charge in [-0.2, -0.15) is 13.2 Å². The molecule has 0 saturated heterocycles. The minimum absolute atomic E-state index is 0.576. The van der Waals surface area contributed by atoms with Crippen LogP contribution in [0.1, 0.15) is 41.5 Å². The van der Waals surface area contributed by atoms with E-state index in [2.05, 4.69) is 10.6 Å². The van der Waals surface area contributed by atoms with Gasteiger partial charge in [0.15, 0.2) is 0 Å². The first-order valence-corrected chi connectivity index (χ1v) is 9.69. The highest BCUT2D eigenvalue weighted by atomic mass is 19.4. The van der Waals surface area contributed by atoms with Crippen molar-refractivity contribution < 1.29 is 37.1 Å². The van der Waals surface area contributed by atoms with Crippen LogP contribution in [0, 0.1) is 23.2 Å². The van der Waals surface area contributed by atoms with E-state index in [-0.39, 0.29) is 0 Å². The number of carbonyl (C=O) groups excluding carboxylic acids is 5. The van der Waals surface area contributed by atoms with E-state index in [1.165, 1.54) is 14.0 Å². The fraction of sp³-hybridized carbons (Fsp3) is 0.737. The average molecular weight is 452 g/mol. The maximum atomic E-state index is 13.0. The molecule has 0 rings (SSSR count). The molecule has 0 unspecified atom stereocenters. The van der Waals surface area contributed by atoms with Crippen molar-refractivity contribution in [3.63, 3.8) is 0 Å². The van der Waals surface area contributed by atoms with E-state index < -0.39 is 70.8 Å². The van der Waals surface area contributed by atoms with Crippen LogP contribution in [0.4, 0.5) is 13.2 Å². The number of nitrogens with one attached hydrogen (secondary N) is 3. The third-order valence-corrected chi connectivity index (χ3v) is 5.14. The van der Waals surface area contributed by atoms with Gasteiger partial charge in [0.05, 0.1) is 12.0 Å². The van der Waals surface area contributed by atoms with Crippen LogP contribution < -0.4 is 21.7 Å². The van der Waals surface area contributed by atoms with E-state index in [9.17, 15) is 37.1 Å². The van der Waals surface area contributed by atoms with E-state index in [1.807, 2.05) is 5.32 Å². The number of nitrogens with two attached hydrogens (primary N) is 1. The van der Waals surface area contributed by atoms with Gasteiger partial charge in [0, 0.05) is 7.05 Å². The summed E-state index contributed by atoms with van der Waals surface area (Å²) in [5.41, 5.74) is 3.61. The molecule has 0 spiro atoms. The third-order valence-electron chi connectivity index (χ3n) is 5.14. The number of amides is 4. The molecule has 4 amide bonds. The van der Waals surface area contributed by atoms with Crippen LogP contribution in [0.25, 0.3) is 0 Å². The summed E-state index contributed by atoms with van der Waals surface area (Å²) in [6, 6.07) is -3.22. The van der Waals surface area contributed by atoms with Crippen LogP contribution in [0.3, 0.4) is 0 Å². The Bertz CT molecular complexity index is 724. The smallest absolute Gasteiger partial charge is 0.369 e. The first-order chi connectivity index (χ1) is 14.0. The normalized spacial score (nSPS) is 16.6. The lowest BCUT2D eigenvalue weighted by Crippen LogP contribution is -2.62. The Morgan fingerprint density at radius 2 is 1.26 bits per heavy atom. The molecule has 0 aliphatic carbocycles. The number of rotatable bonds is 10. The van der Waals surface area contributed by atoms with Crippen molar-refractivity contribution in [2.45, 2.75) is 59.8 Å². The van der Waals surface area contributed by atoms with Crippen molar-refractivity contribution in [1.82, 2.24) is 16.0 Å². The van der Waals surface area contributed by atoms with Crippen LogP contribution in [-0.4, -0.2) is 54.7 Å². The van der Waals surface area contributed by atoms with E-state index in [4.69, 9.17) is 5.73 Å². The van der Waals surface area contributed by atoms with Crippen molar-refractivity contribution >= 4 is 29.4 Å². The molecule has 0 heterocycles. The second-order valence-corrected chi connectivity index (χ2v) is 8.01. The highest BCUT2D eigenvalue weighted by molar-refractivity contribution is 6.09. The molecule has 5 N–H and O–H groups in total. The Hall–Kier alpha value is -2.66. The summed E-state index contributed by atoms with van der Waals surface area (Å²) in [5, 5.41) is 6.53. The Kier molecular flexibility index (Phi) is 9.67. The van der Waals surface area contributed by atoms with Crippen LogP contribution >= 0.6 is 0 Å². The van der Waals surface area contributed by atoms with Crippen LogP contribution in [0.5, 0.6) is 0 Å². The number of ketones is 1. The molecular formula is C19H31F3N4O5. The third kappa shape index (κ3) is 6.17. The number of hydrogen-bond acceptors (Lipinski definition) is 5. The van der Waals surface area contributed by atoms with Gasteiger partial charge in [-0.05, 0) is 25.7 Å². The van der Waals surface area contributed by atoms with Crippen molar-refractivity contribution in [3.8, 4) is 0 Å². The molecule has 31 heavy (non-hydrogen) atoms. The summed E-state index contributed by atoms with van der Waals surface area (Å²) in [4.78, 5) is 61.5.